The first-order valence-corrected chi connectivity index (χ1v) is 11.6. The number of pyridine rings is 2. The molecular weight excluding hydrogens is 384 g/mol. The molecule has 152 valence electrons. The van der Waals surface area contributed by atoms with Crippen molar-refractivity contribution in [1.29, 1.82) is 0 Å². The highest BCUT2D eigenvalue weighted by Crippen LogP contribution is 2.29. The Morgan fingerprint density at radius 1 is 1.21 bits per heavy atom. The summed E-state index contributed by atoms with van der Waals surface area (Å²) < 4.78 is 27.4. The summed E-state index contributed by atoms with van der Waals surface area (Å²) in [4.78, 5) is 9.01. The lowest BCUT2D eigenvalue weighted by molar-refractivity contribution is 0.383. The van der Waals surface area contributed by atoms with Crippen molar-refractivity contribution < 1.29 is 8.42 Å². The molecule has 3 aromatic rings. The Morgan fingerprint density at radius 3 is 2.86 bits per heavy atom. The lowest BCUT2D eigenvalue weighted by Crippen LogP contribution is -2.41. The van der Waals surface area contributed by atoms with E-state index >= 15 is 0 Å². The molecule has 0 bridgehead atoms. The zero-order valence-corrected chi connectivity index (χ0v) is 17.6. The molecule has 7 heteroatoms. The second-order valence-corrected chi connectivity index (χ2v) is 9.92. The second-order valence-electron chi connectivity index (χ2n) is 7.57. The molecular formula is C22H26N4O2S. The molecule has 0 aliphatic carbocycles. The first-order valence-electron chi connectivity index (χ1n) is 10.1. The Labute approximate surface area is 172 Å². The van der Waals surface area contributed by atoms with Gasteiger partial charge in [-0.15, -0.1) is 0 Å². The van der Waals surface area contributed by atoms with Crippen LogP contribution in [0.2, 0.25) is 0 Å². The first-order chi connectivity index (χ1) is 14.0. The molecule has 1 aromatic carbocycles. The predicted molar refractivity (Wildman–Crippen MR) is 117 cm³/mol. The fourth-order valence-electron chi connectivity index (χ4n) is 3.88. The van der Waals surface area contributed by atoms with E-state index in [1.807, 2.05) is 37.3 Å². The summed E-state index contributed by atoms with van der Waals surface area (Å²) in [6.45, 7) is 4.71. The van der Waals surface area contributed by atoms with Crippen LogP contribution in [0.4, 0.5) is 11.5 Å². The lowest BCUT2D eigenvalue weighted by atomic mass is 10.0. The molecule has 0 spiro atoms. The molecule has 3 heterocycles. The fourth-order valence-corrected chi connectivity index (χ4v) is 5.58. The van der Waals surface area contributed by atoms with E-state index in [0.29, 0.717) is 25.9 Å². The van der Waals surface area contributed by atoms with Gasteiger partial charge in [-0.25, -0.2) is 13.4 Å². The van der Waals surface area contributed by atoms with Gasteiger partial charge in [0, 0.05) is 30.2 Å². The van der Waals surface area contributed by atoms with E-state index in [1.54, 1.807) is 23.6 Å². The maximum Gasteiger partial charge on any atom is 0.217 e. The highest BCUT2D eigenvalue weighted by Gasteiger charge is 2.31. The van der Waals surface area contributed by atoms with Crippen LogP contribution in [-0.2, 0) is 23.0 Å². The Kier molecular flexibility index (Phi) is 5.52. The molecule has 0 saturated heterocycles. The number of benzene rings is 1. The maximum absolute atomic E-state index is 12.9. The van der Waals surface area contributed by atoms with Crippen molar-refractivity contribution >= 4 is 32.4 Å². The molecule has 1 unspecified atom stereocenters. The standard InChI is InChI=1S/C22H26N4O2S/c1-3-6-16(2)29(27,28)26-12-10-20-18(15-26)9-11-23-22(20)25-19-13-17-7-4-5-8-21(17)24-14-19/h4-5,7-9,11,13-14,16H,3,6,10,12,15H2,1-2H3,(H,23,25). The van der Waals surface area contributed by atoms with Crippen LogP contribution in [0.3, 0.4) is 0 Å². The van der Waals surface area contributed by atoms with Gasteiger partial charge in [0.05, 0.1) is 22.7 Å². The van der Waals surface area contributed by atoms with Gasteiger partial charge in [0.2, 0.25) is 10.0 Å². The van der Waals surface area contributed by atoms with Crippen molar-refractivity contribution in [3.8, 4) is 0 Å². The smallest absolute Gasteiger partial charge is 0.217 e. The van der Waals surface area contributed by atoms with Gasteiger partial charge in [-0.2, -0.15) is 4.31 Å². The summed E-state index contributed by atoms with van der Waals surface area (Å²) in [5.41, 5.74) is 3.91. The Balaban J connectivity index is 1.58. The summed E-state index contributed by atoms with van der Waals surface area (Å²) in [5.74, 6) is 0.776. The highest BCUT2D eigenvalue weighted by molar-refractivity contribution is 7.89. The summed E-state index contributed by atoms with van der Waals surface area (Å²) in [6.07, 6.45) is 5.73. The number of rotatable bonds is 6. The Bertz CT molecular complexity index is 1130. The topological polar surface area (TPSA) is 75.2 Å². The third-order valence-electron chi connectivity index (χ3n) is 5.53. The third kappa shape index (κ3) is 3.97. The minimum atomic E-state index is -3.28. The van der Waals surface area contributed by atoms with E-state index in [9.17, 15) is 8.42 Å². The molecule has 1 N–H and O–H groups in total. The zero-order valence-electron chi connectivity index (χ0n) is 16.8. The summed E-state index contributed by atoms with van der Waals surface area (Å²) in [7, 11) is -3.28. The summed E-state index contributed by atoms with van der Waals surface area (Å²) in [6, 6.07) is 11.9. The number of sulfonamides is 1. The summed E-state index contributed by atoms with van der Waals surface area (Å²) in [5, 5.41) is 4.09. The molecule has 1 atom stereocenters. The van der Waals surface area contributed by atoms with Crippen LogP contribution in [-0.4, -0.2) is 34.5 Å². The van der Waals surface area contributed by atoms with Crippen LogP contribution in [0.25, 0.3) is 10.9 Å². The van der Waals surface area contributed by atoms with Gasteiger partial charge in [-0.05, 0) is 43.5 Å². The van der Waals surface area contributed by atoms with E-state index in [0.717, 1.165) is 40.0 Å². The van der Waals surface area contributed by atoms with Gasteiger partial charge >= 0.3 is 0 Å². The molecule has 29 heavy (non-hydrogen) atoms. The van der Waals surface area contributed by atoms with Gasteiger partial charge in [0.15, 0.2) is 0 Å². The Morgan fingerprint density at radius 2 is 2.03 bits per heavy atom. The molecule has 1 aliphatic rings. The molecule has 6 nitrogen and oxygen atoms in total. The molecule has 2 aromatic heterocycles. The van der Waals surface area contributed by atoms with E-state index in [4.69, 9.17) is 0 Å². The number of aromatic nitrogens is 2. The SMILES string of the molecule is CCCC(C)S(=O)(=O)N1CCc2c(ccnc2Nc2cnc3ccccc3c2)C1. The van der Waals surface area contributed by atoms with Crippen molar-refractivity contribution in [3.05, 3.63) is 59.9 Å². The van der Waals surface area contributed by atoms with Gasteiger partial charge in [0.25, 0.3) is 0 Å². The largest absolute Gasteiger partial charge is 0.339 e. The van der Waals surface area contributed by atoms with Gasteiger partial charge < -0.3 is 5.32 Å². The normalized spacial score (nSPS) is 15.8. The second kappa shape index (κ2) is 8.08. The van der Waals surface area contributed by atoms with Crippen molar-refractivity contribution in [3.63, 3.8) is 0 Å². The number of fused-ring (bicyclic) bond motifs is 2. The van der Waals surface area contributed by atoms with Crippen molar-refractivity contribution in [2.45, 2.75) is 44.9 Å². The average molecular weight is 411 g/mol. The lowest BCUT2D eigenvalue weighted by Gasteiger charge is -2.31. The number of anilines is 2. The van der Waals surface area contributed by atoms with Crippen LogP contribution < -0.4 is 5.32 Å². The molecule has 0 saturated carbocycles. The van der Waals surface area contributed by atoms with Crippen molar-refractivity contribution in [2.24, 2.45) is 0 Å². The molecule has 0 fully saturated rings. The van der Waals surface area contributed by atoms with E-state index in [-0.39, 0.29) is 5.25 Å². The molecule has 4 rings (SSSR count). The third-order valence-corrected chi connectivity index (χ3v) is 7.81. The highest BCUT2D eigenvalue weighted by atomic mass is 32.2. The number of hydrogen-bond donors (Lipinski definition) is 1. The molecule has 0 radical (unpaired) electrons. The number of nitrogens with zero attached hydrogens (tertiary/aromatic N) is 3. The van der Waals surface area contributed by atoms with Crippen molar-refractivity contribution in [1.82, 2.24) is 14.3 Å². The van der Waals surface area contributed by atoms with Crippen LogP contribution in [0.5, 0.6) is 0 Å². The molecule has 0 amide bonds. The summed E-state index contributed by atoms with van der Waals surface area (Å²) >= 11 is 0. The zero-order chi connectivity index (χ0) is 20.4. The van der Waals surface area contributed by atoms with Crippen LogP contribution in [0.1, 0.15) is 37.8 Å². The maximum atomic E-state index is 12.9. The monoisotopic (exact) mass is 410 g/mol. The van der Waals surface area contributed by atoms with Crippen LogP contribution in [0.15, 0.2) is 48.8 Å². The fraction of sp³-hybridized carbons (Fsp3) is 0.364. The van der Waals surface area contributed by atoms with Gasteiger partial charge in [0.1, 0.15) is 5.82 Å². The van der Waals surface area contributed by atoms with Gasteiger partial charge in [-0.3, -0.25) is 4.98 Å². The van der Waals surface area contributed by atoms with Crippen LogP contribution >= 0.6 is 0 Å². The van der Waals surface area contributed by atoms with Crippen molar-refractivity contribution in [2.75, 3.05) is 11.9 Å². The first kappa shape index (κ1) is 19.8. The predicted octanol–water partition coefficient (Wildman–Crippen LogP) is 4.25. The quantitative estimate of drug-likeness (QED) is 0.657. The number of para-hydroxylation sites is 1. The van der Waals surface area contributed by atoms with Gasteiger partial charge in [-0.1, -0.05) is 31.5 Å². The number of nitrogens with one attached hydrogen (secondary N) is 1. The molecule has 1 aliphatic heterocycles. The van der Waals surface area contributed by atoms with E-state index in [1.165, 1.54) is 0 Å². The minimum Gasteiger partial charge on any atom is -0.339 e. The Hall–Kier alpha value is -2.51. The van der Waals surface area contributed by atoms with E-state index in [2.05, 4.69) is 21.4 Å². The van der Waals surface area contributed by atoms with Crippen LogP contribution in [0, 0.1) is 0 Å². The van der Waals surface area contributed by atoms with E-state index < -0.39 is 10.0 Å². The average Bonchev–Trinajstić information content (AvgIpc) is 2.73. The number of hydrogen-bond acceptors (Lipinski definition) is 5. The minimum absolute atomic E-state index is 0.350.